The van der Waals surface area contributed by atoms with Crippen LogP contribution in [0.25, 0.3) is 0 Å². The average molecular weight is 314 g/mol. The van der Waals surface area contributed by atoms with Crippen LogP contribution in [0.4, 0.5) is 0 Å². The van der Waals surface area contributed by atoms with E-state index in [9.17, 15) is 8.42 Å². The first-order valence-electron chi connectivity index (χ1n) is 7.29. The van der Waals surface area contributed by atoms with E-state index < -0.39 is 10.0 Å². The van der Waals surface area contributed by atoms with Crippen LogP contribution >= 0.6 is 0 Å². The Morgan fingerprint density at radius 3 is 2.62 bits per heavy atom. The van der Waals surface area contributed by atoms with E-state index in [1.165, 1.54) is 4.31 Å². The zero-order valence-corrected chi connectivity index (χ0v) is 14.1. The van der Waals surface area contributed by atoms with Gasteiger partial charge in [0, 0.05) is 26.2 Å². The summed E-state index contributed by atoms with van der Waals surface area (Å²) in [5.74, 6) is 0. The van der Waals surface area contributed by atoms with Crippen molar-refractivity contribution in [2.24, 2.45) is 0 Å². The first-order valence-corrected chi connectivity index (χ1v) is 8.73. The second kappa shape index (κ2) is 8.48. The number of rotatable bonds is 9. The summed E-state index contributed by atoms with van der Waals surface area (Å²) in [6.45, 7) is 7.91. The summed E-state index contributed by atoms with van der Waals surface area (Å²) < 4.78 is 31.7. The van der Waals surface area contributed by atoms with Crippen molar-refractivity contribution in [2.75, 3.05) is 33.4 Å². The van der Waals surface area contributed by atoms with E-state index >= 15 is 0 Å². The lowest BCUT2D eigenvalue weighted by Gasteiger charge is -2.21. The van der Waals surface area contributed by atoms with Gasteiger partial charge in [0.2, 0.25) is 10.0 Å². The number of likely N-dealkylation sites (N-methyl/N-ethyl adjacent to an activating group) is 1. The quantitative estimate of drug-likeness (QED) is 0.757. The summed E-state index contributed by atoms with van der Waals surface area (Å²) in [5, 5.41) is 3.29. The standard InChI is InChI=1S/C15H26N2O3S/c1-5-16-13(3)14-8-7-9-15(12-14)21(18,19)17(6-2)10-11-20-4/h7-9,12-13,16H,5-6,10-11H2,1-4H3. The Bertz CT molecular complexity index is 531. The number of nitrogens with one attached hydrogen (secondary N) is 1. The van der Waals surface area contributed by atoms with Gasteiger partial charge in [0.05, 0.1) is 11.5 Å². The van der Waals surface area contributed by atoms with Crippen molar-refractivity contribution in [3.63, 3.8) is 0 Å². The molecule has 0 aliphatic carbocycles. The summed E-state index contributed by atoms with van der Waals surface area (Å²) >= 11 is 0. The van der Waals surface area contributed by atoms with Gasteiger partial charge in [-0.15, -0.1) is 0 Å². The van der Waals surface area contributed by atoms with E-state index in [-0.39, 0.29) is 6.04 Å². The smallest absolute Gasteiger partial charge is 0.243 e. The molecule has 120 valence electrons. The van der Waals surface area contributed by atoms with Gasteiger partial charge in [-0.1, -0.05) is 26.0 Å². The second-order valence-electron chi connectivity index (χ2n) is 4.84. The summed E-state index contributed by atoms with van der Waals surface area (Å²) in [6.07, 6.45) is 0. The first-order chi connectivity index (χ1) is 9.97. The Hall–Kier alpha value is -0.950. The van der Waals surface area contributed by atoms with Crippen molar-refractivity contribution in [1.82, 2.24) is 9.62 Å². The minimum atomic E-state index is -3.47. The van der Waals surface area contributed by atoms with E-state index in [4.69, 9.17) is 4.74 Å². The van der Waals surface area contributed by atoms with E-state index in [0.29, 0.717) is 24.6 Å². The lowest BCUT2D eigenvalue weighted by atomic mass is 10.1. The molecule has 0 saturated carbocycles. The fraction of sp³-hybridized carbons (Fsp3) is 0.600. The second-order valence-corrected chi connectivity index (χ2v) is 6.78. The van der Waals surface area contributed by atoms with E-state index in [1.54, 1.807) is 25.3 Å². The van der Waals surface area contributed by atoms with Crippen LogP contribution in [0.1, 0.15) is 32.4 Å². The number of ether oxygens (including phenoxy) is 1. The van der Waals surface area contributed by atoms with Crippen molar-refractivity contribution < 1.29 is 13.2 Å². The molecule has 0 aromatic heterocycles. The third-order valence-corrected chi connectivity index (χ3v) is 5.37. The molecule has 0 saturated heterocycles. The highest BCUT2D eigenvalue weighted by Gasteiger charge is 2.23. The van der Waals surface area contributed by atoms with E-state index in [0.717, 1.165) is 12.1 Å². The summed E-state index contributed by atoms with van der Waals surface area (Å²) in [4.78, 5) is 0.336. The van der Waals surface area contributed by atoms with Crippen LogP contribution in [0.5, 0.6) is 0 Å². The van der Waals surface area contributed by atoms with E-state index in [1.807, 2.05) is 26.8 Å². The Balaban J connectivity index is 3.04. The van der Waals surface area contributed by atoms with Crippen molar-refractivity contribution in [3.05, 3.63) is 29.8 Å². The Morgan fingerprint density at radius 2 is 2.05 bits per heavy atom. The topological polar surface area (TPSA) is 58.6 Å². The number of hydrogen-bond acceptors (Lipinski definition) is 4. The molecule has 0 bridgehead atoms. The van der Waals surface area contributed by atoms with Gasteiger partial charge in [0.25, 0.3) is 0 Å². The molecule has 0 spiro atoms. The van der Waals surface area contributed by atoms with Crippen LogP contribution < -0.4 is 5.32 Å². The van der Waals surface area contributed by atoms with Gasteiger partial charge in [0.1, 0.15) is 0 Å². The van der Waals surface area contributed by atoms with Gasteiger partial charge >= 0.3 is 0 Å². The molecule has 6 heteroatoms. The van der Waals surface area contributed by atoms with Crippen molar-refractivity contribution in [2.45, 2.75) is 31.7 Å². The van der Waals surface area contributed by atoms with Crippen LogP contribution in [0, 0.1) is 0 Å². The maximum Gasteiger partial charge on any atom is 0.243 e. The molecule has 0 heterocycles. The molecule has 0 amide bonds. The molecule has 0 aliphatic rings. The number of nitrogens with zero attached hydrogens (tertiary/aromatic N) is 1. The lowest BCUT2D eigenvalue weighted by Crippen LogP contribution is -2.33. The highest BCUT2D eigenvalue weighted by atomic mass is 32.2. The van der Waals surface area contributed by atoms with Crippen LogP contribution in [-0.4, -0.2) is 46.1 Å². The lowest BCUT2D eigenvalue weighted by molar-refractivity contribution is 0.180. The molecule has 21 heavy (non-hydrogen) atoms. The molecule has 1 atom stereocenters. The molecule has 1 aromatic rings. The molecule has 0 fully saturated rings. The van der Waals surface area contributed by atoms with Crippen molar-refractivity contribution in [1.29, 1.82) is 0 Å². The zero-order chi connectivity index (χ0) is 15.9. The zero-order valence-electron chi connectivity index (χ0n) is 13.3. The average Bonchev–Trinajstić information content (AvgIpc) is 2.48. The van der Waals surface area contributed by atoms with Crippen LogP contribution in [0.2, 0.25) is 0 Å². The van der Waals surface area contributed by atoms with Gasteiger partial charge in [-0.25, -0.2) is 8.42 Å². The fourth-order valence-electron chi connectivity index (χ4n) is 2.16. The molecule has 1 N–H and O–H groups in total. The van der Waals surface area contributed by atoms with Crippen LogP contribution in [0.15, 0.2) is 29.2 Å². The minimum absolute atomic E-state index is 0.124. The summed E-state index contributed by atoms with van der Waals surface area (Å²) in [7, 11) is -1.90. The third-order valence-electron chi connectivity index (χ3n) is 3.40. The van der Waals surface area contributed by atoms with Crippen molar-refractivity contribution >= 4 is 10.0 Å². The molecular weight excluding hydrogens is 288 g/mol. The minimum Gasteiger partial charge on any atom is -0.383 e. The predicted molar refractivity (Wildman–Crippen MR) is 84.8 cm³/mol. The number of benzene rings is 1. The Morgan fingerprint density at radius 1 is 1.33 bits per heavy atom. The number of hydrogen-bond donors (Lipinski definition) is 1. The van der Waals surface area contributed by atoms with Gasteiger partial charge in [-0.05, 0) is 31.2 Å². The maximum atomic E-state index is 12.7. The van der Waals surface area contributed by atoms with E-state index in [2.05, 4.69) is 5.32 Å². The summed E-state index contributed by atoms with van der Waals surface area (Å²) in [5.41, 5.74) is 0.973. The maximum absolute atomic E-state index is 12.7. The molecular formula is C15H26N2O3S. The first kappa shape index (κ1) is 18.1. The van der Waals surface area contributed by atoms with Gasteiger partial charge in [-0.2, -0.15) is 4.31 Å². The monoisotopic (exact) mass is 314 g/mol. The normalized spacial score (nSPS) is 13.6. The Kier molecular flexibility index (Phi) is 7.31. The van der Waals surface area contributed by atoms with Crippen molar-refractivity contribution in [3.8, 4) is 0 Å². The van der Waals surface area contributed by atoms with Crippen LogP contribution in [-0.2, 0) is 14.8 Å². The molecule has 1 unspecified atom stereocenters. The number of methoxy groups -OCH3 is 1. The molecule has 5 nitrogen and oxygen atoms in total. The highest BCUT2D eigenvalue weighted by Crippen LogP contribution is 2.20. The molecule has 1 rings (SSSR count). The van der Waals surface area contributed by atoms with Gasteiger partial charge < -0.3 is 10.1 Å². The van der Waals surface area contributed by atoms with Gasteiger partial charge in [0.15, 0.2) is 0 Å². The SMILES string of the molecule is CCNC(C)c1cccc(S(=O)(=O)N(CC)CCOC)c1. The summed E-state index contributed by atoms with van der Waals surface area (Å²) in [6, 6.07) is 7.25. The molecule has 0 radical (unpaired) electrons. The molecule has 0 aliphatic heterocycles. The molecule has 1 aromatic carbocycles. The number of sulfonamides is 1. The Labute approximate surface area is 128 Å². The van der Waals surface area contributed by atoms with Gasteiger partial charge in [-0.3, -0.25) is 0 Å². The van der Waals surface area contributed by atoms with Crippen LogP contribution in [0.3, 0.4) is 0 Å². The third kappa shape index (κ3) is 4.78. The predicted octanol–water partition coefficient (Wildman–Crippen LogP) is 2.01. The fourth-order valence-corrected chi connectivity index (χ4v) is 3.65. The largest absolute Gasteiger partial charge is 0.383 e. The highest BCUT2D eigenvalue weighted by molar-refractivity contribution is 7.89.